The normalized spacial score (nSPS) is 11.8. The summed E-state index contributed by atoms with van der Waals surface area (Å²) in [5, 5.41) is 4.05. The van der Waals surface area contributed by atoms with Gasteiger partial charge in [-0.25, -0.2) is 4.79 Å². The van der Waals surface area contributed by atoms with Gasteiger partial charge in [-0.3, -0.25) is 0 Å². The van der Waals surface area contributed by atoms with E-state index in [4.69, 9.17) is 4.43 Å². The van der Waals surface area contributed by atoms with Crippen molar-refractivity contribution in [2.24, 2.45) is 0 Å². The van der Waals surface area contributed by atoms with Crippen molar-refractivity contribution in [1.29, 1.82) is 0 Å². The molecule has 3 aromatic rings. The van der Waals surface area contributed by atoms with E-state index in [1.165, 1.54) is 0 Å². The number of carbonyl (C=O) groups excluding carboxylic acids is 1. The SMILES string of the molecule is C[Si](C)(C)OC(=O)c1c2ccccc2cc2ccccc12. The Kier molecular flexibility index (Phi) is 3.30. The summed E-state index contributed by atoms with van der Waals surface area (Å²) < 4.78 is 5.74. The number of fused-ring (bicyclic) bond motifs is 2. The van der Waals surface area contributed by atoms with Gasteiger partial charge in [0.1, 0.15) is 0 Å². The summed E-state index contributed by atoms with van der Waals surface area (Å²) in [7, 11) is -1.93. The third kappa shape index (κ3) is 2.69. The van der Waals surface area contributed by atoms with Crippen LogP contribution >= 0.6 is 0 Å². The molecule has 0 fully saturated rings. The summed E-state index contributed by atoms with van der Waals surface area (Å²) in [6.07, 6.45) is 0. The minimum Gasteiger partial charge on any atom is -0.516 e. The fraction of sp³-hybridized carbons (Fsp3) is 0.167. The zero-order chi connectivity index (χ0) is 15.0. The van der Waals surface area contributed by atoms with Gasteiger partial charge in [-0.2, -0.15) is 0 Å². The Morgan fingerprint density at radius 2 is 1.33 bits per heavy atom. The lowest BCUT2D eigenvalue weighted by Gasteiger charge is -2.19. The fourth-order valence-electron chi connectivity index (χ4n) is 2.56. The van der Waals surface area contributed by atoms with E-state index in [1.807, 2.05) is 68.2 Å². The number of rotatable bonds is 2. The highest BCUT2D eigenvalue weighted by molar-refractivity contribution is 6.71. The van der Waals surface area contributed by atoms with Crippen molar-refractivity contribution in [2.75, 3.05) is 0 Å². The van der Waals surface area contributed by atoms with E-state index in [9.17, 15) is 4.79 Å². The lowest BCUT2D eigenvalue weighted by molar-refractivity contribution is 0.0729. The molecule has 0 saturated heterocycles. The average molecular weight is 294 g/mol. The first-order valence-corrected chi connectivity index (χ1v) is 10.5. The number of carbonyl (C=O) groups is 1. The zero-order valence-corrected chi connectivity index (χ0v) is 13.5. The molecular weight excluding hydrogens is 276 g/mol. The van der Waals surface area contributed by atoms with Gasteiger partial charge in [-0.15, -0.1) is 0 Å². The van der Waals surface area contributed by atoms with Crippen LogP contribution in [0.2, 0.25) is 19.6 Å². The van der Waals surface area contributed by atoms with Crippen molar-refractivity contribution in [3.05, 3.63) is 60.2 Å². The van der Waals surface area contributed by atoms with Crippen molar-refractivity contribution in [1.82, 2.24) is 0 Å². The molecule has 0 spiro atoms. The molecule has 0 atom stereocenters. The Labute approximate surface area is 125 Å². The lowest BCUT2D eigenvalue weighted by Crippen LogP contribution is -2.29. The lowest BCUT2D eigenvalue weighted by atomic mass is 9.97. The number of hydrogen-bond donors (Lipinski definition) is 0. The van der Waals surface area contributed by atoms with Crippen molar-refractivity contribution in [2.45, 2.75) is 19.6 Å². The standard InChI is InChI=1S/C18H18O2Si/c1-21(2,3)20-18(19)17-15-10-6-4-8-13(15)12-14-9-5-7-11-16(14)17/h4-12H,1-3H3. The minimum absolute atomic E-state index is 0.206. The van der Waals surface area contributed by atoms with Gasteiger partial charge in [0, 0.05) is 0 Å². The molecule has 0 aromatic heterocycles. The summed E-state index contributed by atoms with van der Waals surface area (Å²) in [4.78, 5) is 12.7. The quantitative estimate of drug-likeness (QED) is 0.492. The van der Waals surface area contributed by atoms with Gasteiger partial charge in [0.25, 0.3) is 0 Å². The van der Waals surface area contributed by atoms with E-state index in [1.54, 1.807) is 0 Å². The molecule has 0 N–H and O–H groups in total. The molecule has 0 unspecified atom stereocenters. The van der Waals surface area contributed by atoms with Crippen molar-refractivity contribution < 1.29 is 9.22 Å². The molecule has 0 aliphatic carbocycles. The molecule has 0 radical (unpaired) electrons. The molecular formula is C18H18O2Si. The third-order valence-electron chi connectivity index (χ3n) is 3.37. The van der Waals surface area contributed by atoms with Gasteiger partial charge < -0.3 is 4.43 Å². The molecule has 0 amide bonds. The average Bonchev–Trinajstić information content (AvgIpc) is 2.42. The third-order valence-corrected chi connectivity index (χ3v) is 4.17. The van der Waals surface area contributed by atoms with Crippen molar-refractivity contribution in [3.8, 4) is 0 Å². The van der Waals surface area contributed by atoms with Crippen LogP contribution in [0.5, 0.6) is 0 Å². The first kappa shape index (κ1) is 13.8. The molecule has 0 bridgehead atoms. The highest BCUT2D eigenvalue weighted by atomic mass is 28.4. The van der Waals surface area contributed by atoms with E-state index in [0.29, 0.717) is 5.56 Å². The molecule has 0 saturated carbocycles. The number of benzene rings is 3. The summed E-state index contributed by atoms with van der Waals surface area (Å²) in [6.45, 7) is 6.08. The molecule has 3 heteroatoms. The zero-order valence-electron chi connectivity index (χ0n) is 12.5. The summed E-state index contributed by atoms with van der Waals surface area (Å²) in [5.41, 5.74) is 0.686. The maximum atomic E-state index is 12.7. The van der Waals surface area contributed by atoms with E-state index >= 15 is 0 Å². The second-order valence-electron chi connectivity index (χ2n) is 6.20. The molecule has 3 aromatic carbocycles. The molecule has 0 aliphatic heterocycles. The smallest absolute Gasteiger partial charge is 0.326 e. The van der Waals surface area contributed by atoms with Gasteiger partial charge in [0.05, 0.1) is 5.56 Å². The van der Waals surface area contributed by atoms with Crippen LogP contribution in [0.15, 0.2) is 54.6 Å². The monoisotopic (exact) mass is 294 g/mol. The van der Waals surface area contributed by atoms with Gasteiger partial charge >= 0.3 is 5.97 Å². The maximum Gasteiger partial charge on any atom is 0.326 e. The second-order valence-corrected chi connectivity index (χ2v) is 10.6. The van der Waals surface area contributed by atoms with Crippen LogP contribution in [-0.4, -0.2) is 14.3 Å². The highest BCUT2D eigenvalue weighted by Crippen LogP contribution is 2.29. The molecule has 0 aliphatic rings. The second kappa shape index (κ2) is 5.01. The van der Waals surface area contributed by atoms with Crippen molar-refractivity contribution >= 4 is 35.8 Å². The van der Waals surface area contributed by atoms with Crippen LogP contribution in [0.25, 0.3) is 21.5 Å². The van der Waals surface area contributed by atoms with Gasteiger partial charge in [0.15, 0.2) is 0 Å². The maximum absolute atomic E-state index is 12.7. The van der Waals surface area contributed by atoms with E-state index in [0.717, 1.165) is 21.5 Å². The Balaban J connectivity index is 2.32. The van der Waals surface area contributed by atoms with E-state index in [-0.39, 0.29) is 5.97 Å². The Morgan fingerprint density at radius 3 is 1.81 bits per heavy atom. The van der Waals surface area contributed by atoms with Gasteiger partial charge in [0.2, 0.25) is 8.32 Å². The summed E-state index contributed by atoms with van der Waals surface area (Å²) >= 11 is 0. The Bertz CT molecular complexity index is 777. The largest absolute Gasteiger partial charge is 0.516 e. The van der Waals surface area contributed by atoms with E-state index in [2.05, 4.69) is 6.07 Å². The van der Waals surface area contributed by atoms with E-state index < -0.39 is 8.32 Å². The predicted octanol–water partition coefficient (Wildman–Crippen LogP) is 4.98. The van der Waals surface area contributed by atoms with Gasteiger partial charge in [-0.05, 0) is 47.3 Å². The first-order valence-electron chi connectivity index (χ1n) is 7.09. The van der Waals surface area contributed by atoms with Crippen LogP contribution in [0.3, 0.4) is 0 Å². The molecule has 2 nitrogen and oxygen atoms in total. The summed E-state index contributed by atoms with van der Waals surface area (Å²) in [6, 6.07) is 18.1. The Hall–Kier alpha value is -2.13. The number of hydrogen-bond acceptors (Lipinski definition) is 2. The van der Waals surface area contributed by atoms with Crippen LogP contribution < -0.4 is 0 Å². The summed E-state index contributed by atoms with van der Waals surface area (Å²) in [5.74, 6) is -0.206. The van der Waals surface area contributed by atoms with Crippen LogP contribution in [0.1, 0.15) is 10.4 Å². The fourth-order valence-corrected chi connectivity index (χ4v) is 3.22. The molecule has 3 rings (SSSR count). The Morgan fingerprint density at radius 1 is 0.857 bits per heavy atom. The molecule has 106 valence electrons. The van der Waals surface area contributed by atoms with Crippen LogP contribution in [-0.2, 0) is 4.43 Å². The first-order chi connectivity index (χ1) is 9.96. The minimum atomic E-state index is -1.93. The van der Waals surface area contributed by atoms with Crippen molar-refractivity contribution in [3.63, 3.8) is 0 Å². The topological polar surface area (TPSA) is 26.3 Å². The predicted molar refractivity (Wildman–Crippen MR) is 90.2 cm³/mol. The van der Waals surface area contributed by atoms with Crippen LogP contribution in [0.4, 0.5) is 0 Å². The van der Waals surface area contributed by atoms with Gasteiger partial charge in [-0.1, -0.05) is 48.5 Å². The molecule has 21 heavy (non-hydrogen) atoms. The highest BCUT2D eigenvalue weighted by Gasteiger charge is 2.23. The molecule has 0 heterocycles. The van der Waals surface area contributed by atoms with Crippen LogP contribution in [0, 0.1) is 0 Å².